The van der Waals surface area contributed by atoms with Crippen molar-refractivity contribution >= 4 is 56.7 Å². The minimum atomic E-state index is -0.461. The molecule has 1 unspecified atom stereocenters. The zero-order valence-electron chi connectivity index (χ0n) is 16.5. The van der Waals surface area contributed by atoms with E-state index in [0.29, 0.717) is 50.3 Å². The predicted octanol–water partition coefficient (Wildman–Crippen LogP) is 5.13. The van der Waals surface area contributed by atoms with E-state index in [1.165, 1.54) is 11.8 Å². The second-order valence-corrected chi connectivity index (χ2v) is 9.20. The fourth-order valence-corrected chi connectivity index (χ4v) is 4.65. The van der Waals surface area contributed by atoms with Gasteiger partial charge in [-0.1, -0.05) is 59.8 Å². The highest BCUT2D eigenvalue weighted by atomic mass is 79.9. The highest BCUT2D eigenvalue weighted by molar-refractivity contribution is 9.10. The fourth-order valence-electron chi connectivity index (χ4n) is 3.36. The summed E-state index contributed by atoms with van der Waals surface area (Å²) in [7, 11) is 0. The molecule has 0 fully saturated rings. The van der Waals surface area contributed by atoms with Crippen molar-refractivity contribution in [2.45, 2.75) is 11.7 Å². The van der Waals surface area contributed by atoms with Gasteiger partial charge in [-0.3, -0.25) is 9.36 Å². The van der Waals surface area contributed by atoms with Crippen LogP contribution in [0.2, 0.25) is 0 Å². The van der Waals surface area contributed by atoms with Gasteiger partial charge in [0.05, 0.1) is 18.0 Å². The molecule has 1 aliphatic heterocycles. The molecular formula is C22H15BrClN5O2S. The number of carbonyl (C=O) groups excluding carboxylic acids is 1. The van der Waals surface area contributed by atoms with Crippen molar-refractivity contribution < 1.29 is 9.21 Å². The highest BCUT2D eigenvalue weighted by Gasteiger charge is 2.28. The molecule has 1 aromatic carbocycles. The predicted molar refractivity (Wildman–Crippen MR) is 128 cm³/mol. The molecular weight excluding hydrogens is 514 g/mol. The molecule has 0 saturated carbocycles. The van der Waals surface area contributed by atoms with Crippen LogP contribution in [-0.4, -0.2) is 38.0 Å². The Labute approximate surface area is 201 Å². The summed E-state index contributed by atoms with van der Waals surface area (Å²) in [5.41, 5.74) is 1.71. The summed E-state index contributed by atoms with van der Waals surface area (Å²) in [6, 6.07) is 13.7. The molecule has 1 atom stereocenters. The maximum absolute atomic E-state index is 12.4. The fraction of sp³-hybridized carbons (Fsp3) is 0.136. The topological polar surface area (TPSA) is 85.6 Å². The molecule has 0 N–H and O–H groups in total. The summed E-state index contributed by atoms with van der Waals surface area (Å²) in [5, 5.41) is 9.92. The number of hydrogen-bond donors (Lipinski definition) is 0. The monoisotopic (exact) mass is 527 g/mol. The number of aliphatic imine (C=N–C) groups is 2. The Morgan fingerprint density at radius 1 is 1.12 bits per heavy atom. The Morgan fingerprint density at radius 3 is 2.75 bits per heavy atom. The van der Waals surface area contributed by atoms with E-state index in [4.69, 9.17) is 16.0 Å². The Hall–Kier alpha value is -2.75. The van der Waals surface area contributed by atoms with Gasteiger partial charge in [0.2, 0.25) is 5.82 Å². The Balaban J connectivity index is 1.42. The molecule has 160 valence electrons. The number of amides is 1. The second-order valence-electron chi connectivity index (χ2n) is 7.04. The molecule has 2 aromatic heterocycles. The van der Waals surface area contributed by atoms with Crippen LogP contribution < -0.4 is 0 Å². The molecule has 3 aromatic rings. The first-order valence-electron chi connectivity index (χ1n) is 9.68. The van der Waals surface area contributed by atoms with E-state index in [9.17, 15) is 4.79 Å². The minimum Gasteiger partial charge on any atom is -0.446 e. The molecule has 7 nitrogen and oxygen atoms in total. The number of thioether (sulfide) groups is 1. The van der Waals surface area contributed by atoms with Gasteiger partial charge in [0.1, 0.15) is 11.8 Å². The smallest absolute Gasteiger partial charge is 0.260 e. The zero-order valence-corrected chi connectivity index (χ0v) is 19.6. The molecule has 0 saturated heterocycles. The maximum atomic E-state index is 12.4. The van der Waals surface area contributed by atoms with Gasteiger partial charge < -0.3 is 4.42 Å². The summed E-state index contributed by atoms with van der Waals surface area (Å²) in [6.07, 6.45) is 5.12. The van der Waals surface area contributed by atoms with Crippen molar-refractivity contribution in [3.63, 3.8) is 0 Å². The number of allylic oxidation sites excluding steroid dienone is 3. The lowest BCUT2D eigenvalue weighted by Crippen LogP contribution is -2.28. The number of fused-ring (bicyclic) bond motifs is 1. The quantitative estimate of drug-likeness (QED) is 0.414. The van der Waals surface area contributed by atoms with Crippen LogP contribution in [0.25, 0.3) is 11.6 Å². The molecule has 0 spiro atoms. The molecule has 0 bridgehead atoms. The summed E-state index contributed by atoms with van der Waals surface area (Å²) < 4.78 is 8.30. The molecule has 0 radical (unpaired) electrons. The van der Waals surface area contributed by atoms with Crippen LogP contribution >= 0.6 is 39.3 Å². The van der Waals surface area contributed by atoms with Gasteiger partial charge in [0.15, 0.2) is 15.6 Å². The third kappa shape index (κ3) is 4.41. The number of halogens is 2. The van der Waals surface area contributed by atoms with E-state index < -0.39 is 5.92 Å². The van der Waals surface area contributed by atoms with E-state index in [-0.39, 0.29) is 5.91 Å². The Morgan fingerprint density at radius 2 is 1.97 bits per heavy atom. The number of aromatic nitrogens is 3. The van der Waals surface area contributed by atoms with Crippen LogP contribution in [-0.2, 0) is 11.3 Å². The Kier molecular flexibility index (Phi) is 5.95. The number of furan rings is 1. The number of amidine groups is 1. The standard InChI is InChI=1S/C22H15BrClN5O2S/c23-18-9-8-17(31-18)20-27-28-22(29(20)11-13-4-2-1-3-5-13)32-12-19-25-16-10-14(24)6-7-15(16)21(30)26-19/h1-10,15H,11-12H2. The third-order valence-corrected chi connectivity index (χ3v) is 6.46. The number of nitrogens with zero attached hydrogens (tertiary/aromatic N) is 5. The average Bonchev–Trinajstić information content (AvgIpc) is 3.38. The molecule has 1 aliphatic carbocycles. The van der Waals surface area contributed by atoms with Crippen LogP contribution in [0.4, 0.5) is 0 Å². The van der Waals surface area contributed by atoms with Gasteiger partial charge in [-0.15, -0.1) is 10.2 Å². The molecule has 3 heterocycles. The van der Waals surface area contributed by atoms with E-state index >= 15 is 0 Å². The number of benzene rings is 1. The minimum absolute atomic E-state index is 0.242. The van der Waals surface area contributed by atoms with Crippen molar-refractivity contribution in [2.24, 2.45) is 15.9 Å². The lowest BCUT2D eigenvalue weighted by Gasteiger charge is -2.18. The van der Waals surface area contributed by atoms with Gasteiger partial charge in [0.25, 0.3) is 5.91 Å². The first kappa shape index (κ1) is 21.1. The number of rotatable bonds is 6. The summed E-state index contributed by atoms with van der Waals surface area (Å²) in [5.74, 6) is 1.31. The molecule has 32 heavy (non-hydrogen) atoms. The average molecular weight is 529 g/mol. The van der Waals surface area contributed by atoms with Gasteiger partial charge in [-0.25, -0.2) is 4.99 Å². The third-order valence-electron chi connectivity index (χ3n) is 4.84. The molecule has 1 amide bonds. The van der Waals surface area contributed by atoms with Crippen molar-refractivity contribution in [1.82, 2.24) is 14.8 Å². The lowest BCUT2D eigenvalue weighted by molar-refractivity contribution is -0.118. The van der Waals surface area contributed by atoms with Crippen molar-refractivity contribution in [3.05, 3.63) is 76.0 Å². The van der Waals surface area contributed by atoms with Gasteiger partial charge in [-0.2, -0.15) is 4.99 Å². The summed E-state index contributed by atoms with van der Waals surface area (Å²) in [6.45, 7) is 0.564. The van der Waals surface area contributed by atoms with E-state index in [2.05, 4.69) is 36.1 Å². The largest absolute Gasteiger partial charge is 0.446 e. The van der Waals surface area contributed by atoms with Crippen LogP contribution in [0.15, 0.2) is 90.0 Å². The van der Waals surface area contributed by atoms with Gasteiger partial charge in [0, 0.05) is 5.03 Å². The van der Waals surface area contributed by atoms with Crippen LogP contribution in [0.5, 0.6) is 0 Å². The Bertz CT molecular complexity index is 1310. The molecule has 5 rings (SSSR count). The highest BCUT2D eigenvalue weighted by Crippen LogP contribution is 2.29. The van der Waals surface area contributed by atoms with Gasteiger partial charge in [-0.05, 0) is 45.8 Å². The second kappa shape index (κ2) is 9.01. The number of carbonyl (C=O) groups is 1. The maximum Gasteiger partial charge on any atom is 0.260 e. The SMILES string of the molecule is O=C1N=C(CSc2nnc(-c3ccc(Br)o3)n2Cc2ccccc2)N=C2C=C(Cl)C=CC12. The molecule has 10 heteroatoms. The van der Waals surface area contributed by atoms with E-state index in [1.54, 1.807) is 18.2 Å². The van der Waals surface area contributed by atoms with Crippen molar-refractivity contribution in [1.29, 1.82) is 0 Å². The first-order valence-corrected chi connectivity index (χ1v) is 11.8. The van der Waals surface area contributed by atoms with Crippen molar-refractivity contribution in [3.8, 4) is 11.6 Å². The van der Waals surface area contributed by atoms with E-state index in [1.807, 2.05) is 47.0 Å². The molecule has 2 aliphatic rings. The van der Waals surface area contributed by atoms with Crippen LogP contribution in [0, 0.1) is 5.92 Å². The van der Waals surface area contributed by atoms with E-state index in [0.717, 1.165) is 5.56 Å². The van der Waals surface area contributed by atoms with Gasteiger partial charge >= 0.3 is 0 Å². The number of hydrogen-bond acceptors (Lipinski definition) is 6. The first-order chi connectivity index (χ1) is 15.6. The summed E-state index contributed by atoms with van der Waals surface area (Å²) >= 11 is 10.8. The zero-order chi connectivity index (χ0) is 22.1. The van der Waals surface area contributed by atoms with Crippen LogP contribution in [0.1, 0.15) is 5.56 Å². The summed E-state index contributed by atoms with van der Waals surface area (Å²) in [4.78, 5) is 21.1. The van der Waals surface area contributed by atoms with Crippen molar-refractivity contribution in [2.75, 3.05) is 5.75 Å². The normalized spacial score (nSPS) is 17.6. The van der Waals surface area contributed by atoms with Crippen LogP contribution in [0.3, 0.4) is 0 Å². The lowest BCUT2D eigenvalue weighted by atomic mass is 9.96.